The van der Waals surface area contributed by atoms with Crippen molar-refractivity contribution >= 4 is 33.1 Å². The Labute approximate surface area is 155 Å². The first-order chi connectivity index (χ1) is 12.5. The fourth-order valence-electron chi connectivity index (χ4n) is 2.97. The van der Waals surface area contributed by atoms with Gasteiger partial charge in [-0.15, -0.1) is 11.3 Å². The van der Waals surface area contributed by atoms with Crippen molar-refractivity contribution in [2.45, 2.75) is 26.8 Å². The van der Waals surface area contributed by atoms with E-state index >= 15 is 0 Å². The second-order valence-electron chi connectivity index (χ2n) is 6.42. The molecule has 1 unspecified atom stereocenters. The average Bonchev–Trinajstić information content (AvgIpc) is 3.23. The van der Waals surface area contributed by atoms with Gasteiger partial charge in [-0.05, 0) is 32.9 Å². The number of carbonyl (C=O) groups is 1. The molecule has 1 amide bonds. The molecule has 132 valence electrons. The van der Waals surface area contributed by atoms with E-state index in [-0.39, 0.29) is 11.9 Å². The highest BCUT2D eigenvalue weighted by Crippen LogP contribution is 2.29. The van der Waals surface area contributed by atoms with Gasteiger partial charge in [0.05, 0.1) is 33.2 Å². The first-order valence-corrected chi connectivity index (χ1v) is 9.22. The summed E-state index contributed by atoms with van der Waals surface area (Å²) in [6, 6.07) is 9.78. The molecule has 3 heterocycles. The van der Waals surface area contributed by atoms with Gasteiger partial charge in [-0.1, -0.05) is 12.1 Å². The van der Waals surface area contributed by atoms with Crippen molar-refractivity contribution in [2.75, 3.05) is 7.05 Å². The standard InChI is InChI=1S/C19H19N5OS/c1-11-9-17-20-10-14(12(2)24(17)22-11)19(25)23(4)13(3)18-21-15-7-5-6-8-16(15)26-18/h5-10,13H,1-4H3. The minimum Gasteiger partial charge on any atom is -0.332 e. The summed E-state index contributed by atoms with van der Waals surface area (Å²) >= 11 is 1.62. The Morgan fingerprint density at radius 2 is 2.04 bits per heavy atom. The van der Waals surface area contributed by atoms with E-state index in [1.807, 2.05) is 51.1 Å². The Bertz CT molecular complexity index is 1100. The number of hydrogen-bond acceptors (Lipinski definition) is 5. The summed E-state index contributed by atoms with van der Waals surface area (Å²) in [5, 5.41) is 5.34. The number of fused-ring (bicyclic) bond motifs is 2. The molecule has 0 bridgehead atoms. The van der Waals surface area contributed by atoms with Gasteiger partial charge in [0.25, 0.3) is 5.91 Å². The smallest absolute Gasteiger partial charge is 0.257 e. The maximum absolute atomic E-state index is 13.1. The molecule has 0 aliphatic heterocycles. The lowest BCUT2D eigenvalue weighted by Gasteiger charge is -2.24. The van der Waals surface area contributed by atoms with Crippen molar-refractivity contribution < 1.29 is 4.79 Å². The van der Waals surface area contributed by atoms with Gasteiger partial charge in [-0.3, -0.25) is 4.79 Å². The number of rotatable bonds is 3. The van der Waals surface area contributed by atoms with Crippen LogP contribution in [0.5, 0.6) is 0 Å². The molecule has 7 heteroatoms. The minimum absolute atomic E-state index is 0.0863. The van der Waals surface area contributed by atoms with E-state index in [0.29, 0.717) is 5.56 Å². The molecule has 26 heavy (non-hydrogen) atoms. The molecule has 0 radical (unpaired) electrons. The van der Waals surface area contributed by atoms with Gasteiger partial charge in [-0.2, -0.15) is 5.10 Å². The van der Waals surface area contributed by atoms with Gasteiger partial charge >= 0.3 is 0 Å². The second-order valence-corrected chi connectivity index (χ2v) is 7.49. The number of carbonyl (C=O) groups excluding carboxylic acids is 1. The summed E-state index contributed by atoms with van der Waals surface area (Å²) in [5.74, 6) is -0.0863. The first-order valence-electron chi connectivity index (χ1n) is 8.40. The SMILES string of the molecule is Cc1cc2ncc(C(=O)N(C)C(C)c3nc4ccccc4s3)c(C)n2n1. The molecule has 1 atom stereocenters. The van der Waals surface area contributed by atoms with Gasteiger partial charge in [0.15, 0.2) is 5.65 Å². The quantitative estimate of drug-likeness (QED) is 0.554. The maximum atomic E-state index is 13.1. The van der Waals surface area contributed by atoms with Gasteiger partial charge in [-0.25, -0.2) is 14.5 Å². The van der Waals surface area contributed by atoms with Crippen molar-refractivity contribution in [3.8, 4) is 0 Å². The molecule has 0 spiro atoms. The van der Waals surface area contributed by atoms with E-state index in [1.165, 1.54) is 0 Å². The Morgan fingerprint density at radius 1 is 1.27 bits per heavy atom. The molecule has 0 fully saturated rings. The molecule has 4 rings (SSSR count). The van der Waals surface area contributed by atoms with E-state index in [1.54, 1.807) is 34.0 Å². The molecular formula is C19H19N5OS. The van der Waals surface area contributed by atoms with Crippen LogP contribution in [0.1, 0.15) is 39.7 Å². The van der Waals surface area contributed by atoms with Crippen LogP contribution in [0.25, 0.3) is 15.9 Å². The summed E-state index contributed by atoms with van der Waals surface area (Å²) < 4.78 is 2.85. The lowest BCUT2D eigenvalue weighted by Crippen LogP contribution is -2.30. The third-order valence-corrected chi connectivity index (χ3v) is 5.85. The zero-order valence-electron chi connectivity index (χ0n) is 15.1. The zero-order valence-corrected chi connectivity index (χ0v) is 15.9. The van der Waals surface area contributed by atoms with E-state index < -0.39 is 0 Å². The van der Waals surface area contributed by atoms with Crippen LogP contribution in [-0.4, -0.2) is 37.4 Å². The number of aromatic nitrogens is 4. The molecule has 0 saturated carbocycles. The number of benzene rings is 1. The predicted molar refractivity (Wildman–Crippen MR) is 103 cm³/mol. The average molecular weight is 365 g/mol. The van der Waals surface area contributed by atoms with E-state index in [0.717, 1.165) is 32.3 Å². The van der Waals surface area contributed by atoms with Crippen LogP contribution in [0.3, 0.4) is 0 Å². The second kappa shape index (κ2) is 6.17. The lowest BCUT2D eigenvalue weighted by molar-refractivity contribution is 0.0740. The number of amides is 1. The van der Waals surface area contributed by atoms with E-state index in [2.05, 4.69) is 15.1 Å². The van der Waals surface area contributed by atoms with Gasteiger partial charge < -0.3 is 4.90 Å². The van der Waals surface area contributed by atoms with Crippen molar-refractivity contribution in [1.29, 1.82) is 0 Å². The summed E-state index contributed by atoms with van der Waals surface area (Å²) in [7, 11) is 1.80. The summed E-state index contributed by atoms with van der Waals surface area (Å²) in [4.78, 5) is 23.8. The molecule has 0 aliphatic rings. The van der Waals surface area contributed by atoms with Crippen LogP contribution in [-0.2, 0) is 0 Å². The van der Waals surface area contributed by atoms with Crippen LogP contribution < -0.4 is 0 Å². The van der Waals surface area contributed by atoms with Gasteiger partial charge in [0, 0.05) is 19.3 Å². The number of aryl methyl sites for hydroxylation is 2. The molecule has 0 N–H and O–H groups in total. The number of hydrogen-bond donors (Lipinski definition) is 0. The van der Waals surface area contributed by atoms with Crippen LogP contribution in [0.2, 0.25) is 0 Å². The Balaban J connectivity index is 1.67. The third-order valence-electron chi connectivity index (χ3n) is 4.65. The minimum atomic E-state index is -0.130. The van der Waals surface area contributed by atoms with E-state index in [9.17, 15) is 4.79 Å². The predicted octanol–water partition coefficient (Wildman–Crippen LogP) is 3.79. The summed E-state index contributed by atoms with van der Waals surface area (Å²) in [5.41, 5.74) is 3.93. The monoisotopic (exact) mass is 365 g/mol. The van der Waals surface area contributed by atoms with Crippen molar-refractivity contribution in [3.63, 3.8) is 0 Å². The molecule has 0 aliphatic carbocycles. The summed E-state index contributed by atoms with van der Waals surface area (Å²) in [6.45, 7) is 5.80. The normalized spacial score (nSPS) is 12.6. The lowest BCUT2D eigenvalue weighted by atomic mass is 10.2. The molecule has 0 saturated heterocycles. The Kier molecular flexibility index (Phi) is 3.96. The Hall–Kier alpha value is -2.80. The number of nitrogens with zero attached hydrogens (tertiary/aromatic N) is 5. The van der Waals surface area contributed by atoms with Gasteiger partial charge in [0.1, 0.15) is 5.01 Å². The topological polar surface area (TPSA) is 63.4 Å². The highest BCUT2D eigenvalue weighted by molar-refractivity contribution is 7.18. The molecule has 3 aromatic heterocycles. The highest BCUT2D eigenvalue weighted by atomic mass is 32.1. The molecule has 4 aromatic rings. The largest absolute Gasteiger partial charge is 0.332 e. The highest BCUT2D eigenvalue weighted by Gasteiger charge is 2.24. The van der Waals surface area contributed by atoms with Crippen LogP contribution in [0.15, 0.2) is 36.5 Å². The molecule has 1 aromatic carbocycles. The van der Waals surface area contributed by atoms with Crippen LogP contribution in [0.4, 0.5) is 0 Å². The third kappa shape index (κ3) is 2.64. The van der Waals surface area contributed by atoms with Crippen molar-refractivity contribution in [3.05, 3.63) is 58.5 Å². The number of para-hydroxylation sites is 1. The number of thiazole rings is 1. The van der Waals surface area contributed by atoms with Crippen LogP contribution in [0, 0.1) is 13.8 Å². The fourth-order valence-corrected chi connectivity index (χ4v) is 4.04. The first kappa shape index (κ1) is 16.7. The Morgan fingerprint density at radius 3 is 2.81 bits per heavy atom. The van der Waals surface area contributed by atoms with Crippen molar-refractivity contribution in [2.24, 2.45) is 0 Å². The summed E-state index contributed by atoms with van der Waals surface area (Å²) in [6.07, 6.45) is 1.63. The molecular weight excluding hydrogens is 346 g/mol. The van der Waals surface area contributed by atoms with E-state index in [4.69, 9.17) is 0 Å². The maximum Gasteiger partial charge on any atom is 0.257 e. The molecule has 6 nitrogen and oxygen atoms in total. The van der Waals surface area contributed by atoms with Crippen LogP contribution >= 0.6 is 11.3 Å². The van der Waals surface area contributed by atoms with Crippen molar-refractivity contribution in [1.82, 2.24) is 24.5 Å². The zero-order chi connectivity index (χ0) is 18.4. The fraction of sp³-hybridized carbons (Fsp3) is 0.263. The van der Waals surface area contributed by atoms with Gasteiger partial charge in [0.2, 0.25) is 0 Å².